The number of nitrogens with zero attached hydrogens (tertiary/aromatic N) is 2. The Kier molecular flexibility index (Phi) is 5.17. The van der Waals surface area contributed by atoms with E-state index in [2.05, 4.69) is 22.1 Å². The monoisotopic (exact) mass is 301 g/mol. The molecule has 1 saturated carbocycles. The molecule has 1 aliphatic rings. The molecule has 1 N–H and O–H groups in total. The van der Waals surface area contributed by atoms with Gasteiger partial charge < -0.3 is 10.2 Å². The molecule has 0 bridgehead atoms. The molecule has 2 rings (SSSR count). The minimum atomic E-state index is 0.579. The van der Waals surface area contributed by atoms with Crippen molar-refractivity contribution in [3.63, 3.8) is 0 Å². The number of aromatic nitrogens is 1. The van der Waals surface area contributed by atoms with Crippen LogP contribution in [0.5, 0.6) is 0 Å². The van der Waals surface area contributed by atoms with Crippen LogP contribution in [0.15, 0.2) is 6.07 Å². The number of pyridine rings is 1. The van der Waals surface area contributed by atoms with Gasteiger partial charge in [-0.05, 0) is 38.7 Å². The molecule has 0 amide bonds. The molecule has 1 aromatic heterocycles. The summed E-state index contributed by atoms with van der Waals surface area (Å²) in [5.74, 6) is 2.35. The molecular formula is C14H21Cl2N3. The summed E-state index contributed by atoms with van der Waals surface area (Å²) in [6, 6.07) is 1.78. The molecule has 106 valence electrons. The van der Waals surface area contributed by atoms with E-state index >= 15 is 0 Å². The first-order valence-corrected chi connectivity index (χ1v) is 7.76. The minimum absolute atomic E-state index is 0.579. The molecule has 0 atom stereocenters. The Bertz CT molecular complexity index is 433. The van der Waals surface area contributed by atoms with Gasteiger partial charge in [-0.15, -0.1) is 0 Å². The van der Waals surface area contributed by atoms with Crippen LogP contribution in [-0.2, 0) is 0 Å². The van der Waals surface area contributed by atoms with Crippen molar-refractivity contribution < 1.29 is 0 Å². The van der Waals surface area contributed by atoms with Crippen molar-refractivity contribution in [2.45, 2.75) is 33.1 Å². The molecule has 1 fully saturated rings. The standard InChI is InChI=1S/C14H21Cl2N3/c1-3-17-13-11(15)8-12(16)14(18-13)19(4-2)9-10-6-5-7-10/h8,10H,3-7,9H2,1-2H3,(H,17,18). The van der Waals surface area contributed by atoms with E-state index in [-0.39, 0.29) is 0 Å². The Labute approximate surface area is 125 Å². The van der Waals surface area contributed by atoms with E-state index in [1.807, 2.05) is 6.92 Å². The summed E-state index contributed by atoms with van der Waals surface area (Å²) in [4.78, 5) is 6.85. The summed E-state index contributed by atoms with van der Waals surface area (Å²) in [6.45, 7) is 6.91. The third kappa shape index (κ3) is 3.46. The summed E-state index contributed by atoms with van der Waals surface area (Å²) in [6.07, 6.45) is 4.00. The Hall–Kier alpha value is -0.670. The second-order valence-electron chi connectivity index (χ2n) is 4.99. The van der Waals surface area contributed by atoms with E-state index < -0.39 is 0 Å². The van der Waals surface area contributed by atoms with E-state index in [4.69, 9.17) is 23.2 Å². The summed E-state index contributed by atoms with van der Waals surface area (Å²) in [7, 11) is 0. The Morgan fingerprint density at radius 3 is 2.58 bits per heavy atom. The lowest BCUT2D eigenvalue weighted by Crippen LogP contribution is -2.33. The summed E-state index contributed by atoms with van der Waals surface area (Å²) in [5, 5.41) is 4.39. The zero-order chi connectivity index (χ0) is 13.8. The topological polar surface area (TPSA) is 28.2 Å². The van der Waals surface area contributed by atoms with Gasteiger partial charge in [-0.2, -0.15) is 0 Å². The zero-order valence-corrected chi connectivity index (χ0v) is 13.1. The van der Waals surface area contributed by atoms with Crippen LogP contribution in [0.3, 0.4) is 0 Å². The summed E-state index contributed by atoms with van der Waals surface area (Å²) >= 11 is 12.4. The second kappa shape index (κ2) is 6.67. The molecule has 1 heterocycles. The lowest BCUT2D eigenvalue weighted by Gasteiger charge is -2.33. The largest absolute Gasteiger partial charge is 0.369 e. The fourth-order valence-electron chi connectivity index (χ4n) is 2.32. The van der Waals surface area contributed by atoms with Crippen LogP contribution in [0.2, 0.25) is 10.0 Å². The van der Waals surface area contributed by atoms with E-state index in [1.54, 1.807) is 6.07 Å². The molecule has 1 aliphatic carbocycles. The first kappa shape index (κ1) is 14.7. The number of hydrogen-bond acceptors (Lipinski definition) is 3. The van der Waals surface area contributed by atoms with Gasteiger partial charge in [-0.25, -0.2) is 4.98 Å². The van der Waals surface area contributed by atoms with Gasteiger partial charge in [0, 0.05) is 19.6 Å². The van der Waals surface area contributed by atoms with Crippen molar-refractivity contribution >= 4 is 34.8 Å². The molecule has 0 radical (unpaired) electrons. The average Bonchev–Trinajstić information content (AvgIpc) is 2.33. The Morgan fingerprint density at radius 2 is 2.05 bits per heavy atom. The summed E-state index contributed by atoms with van der Waals surface area (Å²) in [5.41, 5.74) is 0. The first-order chi connectivity index (χ1) is 9.15. The number of anilines is 2. The van der Waals surface area contributed by atoms with Crippen LogP contribution < -0.4 is 10.2 Å². The second-order valence-corrected chi connectivity index (χ2v) is 5.80. The number of rotatable bonds is 6. The van der Waals surface area contributed by atoms with Crippen molar-refractivity contribution in [2.75, 3.05) is 29.9 Å². The van der Waals surface area contributed by atoms with Crippen molar-refractivity contribution in [3.8, 4) is 0 Å². The van der Waals surface area contributed by atoms with Crippen LogP contribution in [0.25, 0.3) is 0 Å². The van der Waals surface area contributed by atoms with Crippen molar-refractivity contribution in [1.82, 2.24) is 4.98 Å². The molecule has 0 spiro atoms. The van der Waals surface area contributed by atoms with E-state index in [0.717, 1.165) is 37.2 Å². The van der Waals surface area contributed by atoms with Crippen molar-refractivity contribution in [3.05, 3.63) is 16.1 Å². The molecular weight excluding hydrogens is 281 g/mol. The minimum Gasteiger partial charge on any atom is -0.369 e. The first-order valence-electron chi connectivity index (χ1n) is 7.00. The zero-order valence-electron chi connectivity index (χ0n) is 11.5. The smallest absolute Gasteiger partial charge is 0.149 e. The molecule has 1 aromatic rings. The van der Waals surface area contributed by atoms with Gasteiger partial charge in [0.1, 0.15) is 11.6 Å². The molecule has 3 nitrogen and oxygen atoms in total. The summed E-state index contributed by atoms with van der Waals surface area (Å²) < 4.78 is 0. The van der Waals surface area contributed by atoms with Gasteiger partial charge >= 0.3 is 0 Å². The normalized spacial score (nSPS) is 15.2. The lowest BCUT2D eigenvalue weighted by atomic mass is 9.85. The van der Waals surface area contributed by atoms with Crippen LogP contribution in [0.4, 0.5) is 11.6 Å². The van der Waals surface area contributed by atoms with Crippen molar-refractivity contribution in [2.24, 2.45) is 5.92 Å². The molecule has 0 unspecified atom stereocenters. The van der Waals surface area contributed by atoms with Crippen LogP contribution in [0.1, 0.15) is 33.1 Å². The number of hydrogen-bond donors (Lipinski definition) is 1. The predicted octanol–water partition coefficient (Wildman–Crippen LogP) is 4.45. The van der Waals surface area contributed by atoms with Gasteiger partial charge in [0.2, 0.25) is 0 Å². The maximum absolute atomic E-state index is 6.30. The SMILES string of the molecule is CCNc1nc(N(CC)CC2CCC2)c(Cl)cc1Cl. The highest BCUT2D eigenvalue weighted by Gasteiger charge is 2.22. The fraction of sp³-hybridized carbons (Fsp3) is 0.643. The lowest BCUT2D eigenvalue weighted by molar-refractivity contribution is 0.318. The molecule has 19 heavy (non-hydrogen) atoms. The van der Waals surface area contributed by atoms with Gasteiger partial charge in [0.25, 0.3) is 0 Å². The fourth-order valence-corrected chi connectivity index (χ4v) is 2.87. The van der Waals surface area contributed by atoms with E-state index in [9.17, 15) is 0 Å². The van der Waals surface area contributed by atoms with Gasteiger partial charge in [-0.1, -0.05) is 29.6 Å². The predicted molar refractivity (Wildman–Crippen MR) is 83.6 cm³/mol. The van der Waals surface area contributed by atoms with E-state index in [0.29, 0.717) is 10.0 Å². The molecule has 0 aromatic carbocycles. The number of nitrogens with one attached hydrogen (secondary N) is 1. The van der Waals surface area contributed by atoms with Gasteiger partial charge in [-0.3, -0.25) is 0 Å². The Balaban J connectivity index is 2.21. The highest BCUT2D eigenvalue weighted by atomic mass is 35.5. The van der Waals surface area contributed by atoms with Gasteiger partial charge in [0.05, 0.1) is 10.0 Å². The highest BCUT2D eigenvalue weighted by Crippen LogP contribution is 2.34. The Morgan fingerprint density at radius 1 is 1.32 bits per heavy atom. The molecule has 0 saturated heterocycles. The quantitative estimate of drug-likeness (QED) is 0.841. The van der Waals surface area contributed by atoms with Crippen molar-refractivity contribution in [1.29, 1.82) is 0 Å². The van der Waals surface area contributed by atoms with Crippen LogP contribution >= 0.6 is 23.2 Å². The molecule has 0 aliphatic heterocycles. The van der Waals surface area contributed by atoms with Gasteiger partial charge in [0.15, 0.2) is 0 Å². The molecule has 5 heteroatoms. The maximum atomic E-state index is 6.30. The average molecular weight is 302 g/mol. The highest BCUT2D eigenvalue weighted by molar-refractivity contribution is 6.37. The maximum Gasteiger partial charge on any atom is 0.149 e. The van der Waals surface area contributed by atoms with Crippen LogP contribution in [0, 0.1) is 5.92 Å². The third-order valence-corrected chi connectivity index (χ3v) is 4.21. The number of halogens is 2. The van der Waals surface area contributed by atoms with E-state index in [1.165, 1.54) is 19.3 Å². The van der Waals surface area contributed by atoms with Crippen LogP contribution in [-0.4, -0.2) is 24.6 Å². The third-order valence-electron chi connectivity index (χ3n) is 3.64.